The molecule has 0 bridgehead atoms. The summed E-state index contributed by atoms with van der Waals surface area (Å²) < 4.78 is 0. The molecule has 19 heavy (non-hydrogen) atoms. The van der Waals surface area contributed by atoms with Crippen molar-refractivity contribution in [2.45, 2.75) is 39.0 Å². The molecule has 2 rings (SSSR count). The van der Waals surface area contributed by atoms with Crippen molar-refractivity contribution in [3.63, 3.8) is 0 Å². The van der Waals surface area contributed by atoms with Crippen LogP contribution in [0.15, 0.2) is 18.3 Å². The number of nitrogens with one attached hydrogen (secondary N) is 1. The van der Waals surface area contributed by atoms with Gasteiger partial charge in [-0.1, -0.05) is 19.8 Å². The fourth-order valence-corrected chi connectivity index (χ4v) is 2.37. The minimum absolute atomic E-state index is 0.142. The summed E-state index contributed by atoms with van der Waals surface area (Å²) in [6, 6.07) is 3.67. The molecule has 0 atom stereocenters. The lowest BCUT2D eigenvalue weighted by Gasteiger charge is -2.20. The molecular weight excluding hydrogens is 238 g/mol. The zero-order valence-corrected chi connectivity index (χ0v) is 11.7. The average molecular weight is 261 g/mol. The summed E-state index contributed by atoms with van der Waals surface area (Å²) in [4.78, 5) is 18.7. The smallest absolute Gasteiger partial charge is 0.254 e. The Balaban J connectivity index is 2.04. The quantitative estimate of drug-likeness (QED) is 0.906. The van der Waals surface area contributed by atoms with Crippen LogP contribution in [0.2, 0.25) is 0 Å². The van der Waals surface area contributed by atoms with E-state index in [1.54, 1.807) is 6.20 Å². The van der Waals surface area contributed by atoms with E-state index in [1.807, 2.05) is 17.0 Å². The number of hydrogen-bond donors (Lipinski definition) is 1. The van der Waals surface area contributed by atoms with Gasteiger partial charge in [-0.05, 0) is 31.4 Å². The molecule has 0 saturated carbocycles. The Morgan fingerprint density at radius 1 is 1.32 bits per heavy atom. The first-order valence-electron chi connectivity index (χ1n) is 7.30. The molecule has 0 aliphatic carbocycles. The van der Waals surface area contributed by atoms with Crippen LogP contribution in [-0.4, -0.2) is 35.4 Å². The summed E-state index contributed by atoms with van der Waals surface area (Å²) in [7, 11) is 0. The maximum atomic E-state index is 12.4. The number of pyridine rings is 1. The van der Waals surface area contributed by atoms with Gasteiger partial charge < -0.3 is 10.2 Å². The zero-order chi connectivity index (χ0) is 13.5. The highest BCUT2D eigenvalue weighted by molar-refractivity contribution is 5.94. The van der Waals surface area contributed by atoms with Gasteiger partial charge in [-0.3, -0.25) is 4.79 Å². The number of carbonyl (C=O) groups is 1. The molecule has 1 saturated heterocycles. The second kappa shape index (κ2) is 7.12. The lowest BCUT2D eigenvalue weighted by atomic mass is 10.2. The van der Waals surface area contributed by atoms with E-state index in [-0.39, 0.29) is 5.91 Å². The van der Waals surface area contributed by atoms with E-state index >= 15 is 0 Å². The van der Waals surface area contributed by atoms with E-state index in [0.29, 0.717) is 0 Å². The number of anilines is 1. The van der Waals surface area contributed by atoms with Crippen LogP contribution in [0.25, 0.3) is 0 Å². The van der Waals surface area contributed by atoms with Gasteiger partial charge in [0.05, 0.1) is 0 Å². The predicted molar refractivity (Wildman–Crippen MR) is 77.4 cm³/mol. The maximum Gasteiger partial charge on any atom is 0.254 e. The molecule has 4 nitrogen and oxygen atoms in total. The summed E-state index contributed by atoms with van der Waals surface area (Å²) >= 11 is 0. The summed E-state index contributed by atoms with van der Waals surface area (Å²) in [5, 5.41) is 3.22. The van der Waals surface area contributed by atoms with E-state index in [4.69, 9.17) is 0 Å². The van der Waals surface area contributed by atoms with Crippen molar-refractivity contribution in [2.24, 2.45) is 0 Å². The van der Waals surface area contributed by atoms with Crippen molar-refractivity contribution >= 4 is 11.7 Å². The maximum absolute atomic E-state index is 12.4. The number of hydrogen-bond acceptors (Lipinski definition) is 3. The topological polar surface area (TPSA) is 45.2 Å². The number of nitrogens with zero attached hydrogens (tertiary/aromatic N) is 2. The minimum Gasteiger partial charge on any atom is -0.370 e. The molecule has 0 spiro atoms. The van der Waals surface area contributed by atoms with Crippen LogP contribution in [0.5, 0.6) is 0 Å². The average Bonchev–Trinajstić information content (AvgIpc) is 2.73. The van der Waals surface area contributed by atoms with Crippen LogP contribution in [0.1, 0.15) is 49.4 Å². The number of aromatic nitrogens is 1. The predicted octanol–water partition coefficient (Wildman–Crippen LogP) is 2.92. The molecule has 1 aliphatic heterocycles. The fraction of sp³-hybridized carbons (Fsp3) is 0.600. The van der Waals surface area contributed by atoms with Gasteiger partial charge in [-0.25, -0.2) is 4.98 Å². The third-order valence-corrected chi connectivity index (χ3v) is 3.46. The normalized spacial score (nSPS) is 15.9. The summed E-state index contributed by atoms with van der Waals surface area (Å²) in [6.07, 6.45) is 7.48. The van der Waals surface area contributed by atoms with Gasteiger partial charge >= 0.3 is 0 Å². The standard InChI is InChI=1S/C15H23N3O/c1-2-8-16-14-12-13(7-9-17-14)15(19)18-10-5-3-4-6-11-18/h7,9,12H,2-6,8,10-11H2,1H3,(H,16,17). The lowest BCUT2D eigenvalue weighted by molar-refractivity contribution is 0.0761. The Labute approximate surface area is 115 Å². The monoisotopic (exact) mass is 261 g/mol. The van der Waals surface area contributed by atoms with Crippen LogP contribution < -0.4 is 5.32 Å². The molecule has 0 radical (unpaired) electrons. The van der Waals surface area contributed by atoms with Crippen molar-refractivity contribution in [1.82, 2.24) is 9.88 Å². The lowest BCUT2D eigenvalue weighted by Crippen LogP contribution is -2.31. The second-order valence-corrected chi connectivity index (χ2v) is 5.06. The van der Waals surface area contributed by atoms with E-state index in [0.717, 1.165) is 50.3 Å². The number of rotatable bonds is 4. The van der Waals surface area contributed by atoms with Crippen molar-refractivity contribution in [2.75, 3.05) is 25.0 Å². The highest BCUT2D eigenvalue weighted by Gasteiger charge is 2.17. The van der Waals surface area contributed by atoms with Gasteiger partial charge in [-0.15, -0.1) is 0 Å². The van der Waals surface area contributed by atoms with Crippen LogP contribution in [0, 0.1) is 0 Å². The fourth-order valence-electron chi connectivity index (χ4n) is 2.37. The molecule has 104 valence electrons. The number of likely N-dealkylation sites (tertiary alicyclic amines) is 1. The first-order valence-corrected chi connectivity index (χ1v) is 7.30. The number of carbonyl (C=O) groups excluding carboxylic acids is 1. The molecule has 0 unspecified atom stereocenters. The Kier molecular flexibility index (Phi) is 5.19. The van der Waals surface area contributed by atoms with Gasteiger partial charge in [0.2, 0.25) is 0 Å². The largest absolute Gasteiger partial charge is 0.370 e. The van der Waals surface area contributed by atoms with Crippen molar-refractivity contribution in [1.29, 1.82) is 0 Å². The molecule has 1 aromatic heterocycles. The van der Waals surface area contributed by atoms with Crippen LogP contribution in [0.4, 0.5) is 5.82 Å². The molecule has 2 heterocycles. The van der Waals surface area contributed by atoms with Crippen LogP contribution >= 0.6 is 0 Å². The zero-order valence-electron chi connectivity index (χ0n) is 11.7. The molecule has 1 N–H and O–H groups in total. The Morgan fingerprint density at radius 2 is 2.05 bits per heavy atom. The van der Waals surface area contributed by atoms with E-state index in [2.05, 4.69) is 17.2 Å². The number of amides is 1. The van der Waals surface area contributed by atoms with E-state index in [1.165, 1.54) is 12.8 Å². The van der Waals surface area contributed by atoms with Crippen molar-refractivity contribution in [3.05, 3.63) is 23.9 Å². The second-order valence-electron chi connectivity index (χ2n) is 5.06. The van der Waals surface area contributed by atoms with Gasteiger partial charge in [0.25, 0.3) is 5.91 Å². The van der Waals surface area contributed by atoms with Crippen molar-refractivity contribution < 1.29 is 4.79 Å². The molecule has 1 fully saturated rings. The highest BCUT2D eigenvalue weighted by atomic mass is 16.2. The Bertz CT molecular complexity index is 412. The van der Waals surface area contributed by atoms with Gasteiger partial charge in [0.1, 0.15) is 5.82 Å². The molecule has 1 amide bonds. The molecule has 0 aromatic carbocycles. The van der Waals surface area contributed by atoms with Crippen LogP contribution in [-0.2, 0) is 0 Å². The van der Waals surface area contributed by atoms with Gasteiger partial charge in [-0.2, -0.15) is 0 Å². The summed E-state index contributed by atoms with van der Waals surface area (Å²) in [5.41, 5.74) is 0.746. The molecule has 1 aromatic rings. The van der Waals surface area contributed by atoms with Crippen molar-refractivity contribution in [3.8, 4) is 0 Å². The van der Waals surface area contributed by atoms with Crippen LogP contribution in [0.3, 0.4) is 0 Å². The SMILES string of the molecule is CCCNc1cc(C(=O)N2CCCCCC2)ccn1. The minimum atomic E-state index is 0.142. The third-order valence-electron chi connectivity index (χ3n) is 3.46. The van der Waals surface area contributed by atoms with E-state index in [9.17, 15) is 4.79 Å². The third kappa shape index (κ3) is 3.94. The molecular formula is C15H23N3O. The summed E-state index contributed by atoms with van der Waals surface area (Å²) in [5.74, 6) is 0.936. The Morgan fingerprint density at radius 3 is 2.74 bits per heavy atom. The first-order chi connectivity index (χ1) is 9.31. The van der Waals surface area contributed by atoms with Gasteiger partial charge in [0, 0.05) is 31.4 Å². The highest BCUT2D eigenvalue weighted by Crippen LogP contribution is 2.15. The molecule has 1 aliphatic rings. The first kappa shape index (κ1) is 13.8. The molecule has 4 heteroatoms. The van der Waals surface area contributed by atoms with E-state index < -0.39 is 0 Å². The van der Waals surface area contributed by atoms with Gasteiger partial charge in [0.15, 0.2) is 0 Å². The summed E-state index contributed by atoms with van der Waals surface area (Å²) in [6.45, 7) is 4.77. The Hall–Kier alpha value is -1.58.